The van der Waals surface area contributed by atoms with Gasteiger partial charge in [0.25, 0.3) is 5.89 Å². The fourth-order valence-electron chi connectivity index (χ4n) is 3.41. The summed E-state index contributed by atoms with van der Waals surface area (Å²) in [6.07, 6.45) is 8.02. The van der Waals surface area contributed by atoms with E-state index in [0.29, 0.717) is 54.2 Å². The van der Waals surface area contributed by atoms with Gasteiger partial charge in [-0.3, -0.25) is 9.78 Å². The van der Waals surface area contributed by atoms with Gasteiger partial charge in [-0.1, -0.05) is 16.8 Å². The molecule has 172 valence electrons. The van der Waals surface area contributed by atoms with Crippen LogP contribution in [0.4, 0.5) is 0 Å². The van der Waals surface area contributed by atoms with E-state index in [-0.39, 0.29) is 12.1 Å². The highest BCUT2D eigenvalue weighted by Crippen LogP contribution is 2.31. The van der Waals surface area contributed by atoms with Gasteiger partial charge in [0.1, 0.15) is 5.02 Å². The lowest BCUT2D eigenvalue weighted by atomic mass is 10.2. The van der Waals surface area contributed by atoms with Gasteiger partial charge in [0.15, 0.2) is 0 Å². The Labute approximate surface area is 195 Å². The highest BCUT2D eigenvalue weighted by Gasteiger charge is 2.17. The van der Waals surface area contributed by atoms with E-state index in [1.54, 1.807) is 31.6 Å². The molecular weight excluding hydrogens is 446 g/mol. The standard InChI is InChI=1S/C23H24ClN5O4/c1-4-31-20(30)6-5-8-29-9-7-16-17(12-25-13-19(16)29)21-27-22(33-28-21)15-10-18(24)23(26-11-15)32-14(2)3/h7,9-14H,4-6,8H2,1-3H3. The van der Waals surface area contributed by atoms with Gasteiger partial charge in [0.2, 0.25) is 11.7 Å². The molecule has 0 unspecified atom stereocenters. The van der Waals surface area contributed by atoms with Crippen molar-refractivity contribution in [2.75, 3.05) is 6.61 Å². The fourth-order valence-corrected chi connectivity index (χ4v) is 3.62. The summed E-state index contributed by atoms with van der Waals surface area (Å²) in [4.78, 5) is 24.7. The second kappa shape index (κ2) is 9.99. The van der Waals surface area contributed by atoms with Gasteiger partial charge < -0.3 is 18.6 Å². The number of pyridine rings is 2. The van der Waals surface area contributed by atoms with Crippen LogP contribution in [0.2, 0.25) is 5.02 Å². The highest BCUT2D eigenvalue weighted by atomic mass is 35.5. The number of carbonyl (C=O) groups is 1. The van der Waals surface area contributed by atoms with E-state index in [4.69, 9.17) is 25.6 Å². The Kier molecular flexibility index (Phi) is 6.88. The maximum absolute atomic E-state index is 11.6. The monoisotopic (exact) mass is 469 g/mol. The minimum absolute atomic E-state index is 0.0404. The fraction of sp³-hybridized carbons (Fsp3) is 0.348. The third-order valence-corrected chi connectivity index (χ3v) is 5.12. The first-order valence-corrected chi connectivity index (χ1v) is 11.1. The zero-order valence-electron chi connectivity index (χ0n) is 18.6. The molecule has 4 heterocycles. The average molecular weight is 470 g/mol. The number of rotatable bonds is 9. The van der Waals surface area contributed by atoms with Gasteiger partial charge >= 0.3 is 5.97 Å². The number of aromatic nitrogens is 5. The number of halogens is 1. The topological polar surface area (TPSA) is 105 Å². The molecule has 0 fully saturated rings. The lowest BCUT2D eigenvalue weighted by Gasteiger charge is -2.09. The smallest absolute Gasteiger partial charge is 0.305 e. The number of ether oxygens (including phenoxy) is 2. The van der Waals surface area contributed by atoms with Crippen LogP contribution in [0.25, 0.3) is 33.7 Å². The summed E-state index contributed by atoms with van der Waals surface area (Å²) in [5, 5.41) is 5.43. The molecule has 0 bridgehead atoms. The van der Waals surface area contributed by atoms with Crippen molar-refractivity contribution in [3.63, 3.8) is 0 Å². The van der Waals surface area contributed by atoms with Gasteiger partial charge in [-0.05, 0) is 39.3 Å². The summed E-state index contributed by atoms with van der Waals surface area (Å²) in [5.41, 5.74) is 2.25. The summed E-state index contributed by atoms with van der Waals surface area (Å²) < 4.78 is 18.1. The number of aryl methyl sites for hydroxylation is 1. The molecule has 4 aromatic heterocycles. The normalized spacial score (nSPS) is 11.3. The quantitative estimate of drug-likeness (QED) is 0.317. The van der Waals surface area contributed by atoms with Crippen LogP contribution >= 0.6 is 11.6 Å². The van der Waals surface area contributed by atoms with Crippen molar-refractivity contribution in [1.29, 1.82) is 0 Å². The van der Waals surface area contributed by atoms with E-state index in [9.17, 15) is 4.79 Å². The van der Waals surface area contributed by atoms with Crippen LogP contribution in [0.1, 0.15) is 33.6 Å². The van der Waals surface area contributed by atoms with Gasteiger partial charge in [0.05, 0.1) is 35.6 Å². The second-order valence-electron chi connectivity index (χ2n) is 7.64. The Morgan fingerprint density at radius 2 is 2.12 bits per heavy atom. The van der Waals surface area contributed by atoms with Crippen LogP contribution in [0, 0.1) is 0 Å². The summed E-state index contributed by atoms with van der Waals surface area (Å²) in [7, 11) is 0. The Morgan fingerprint density at radius 3 is 2.88 bits per heavy atom. The molecule has 0 N–H and O–H groups in total. The van der Waals surface area contributed by atoms with Crippen molar-refractivity contribution >= 4 is 28.5 Å². The molecule has 4 rings (SSSR count). The van der Waals surface area contributed by atoms with Crippen LogP contribution in [0.5, 0.6) is 5.88 Å². The molecule has 10 heteroatoms. The van der Waals surface area contributed by atoms with Crippen LogP contribution in [-0.2, 0) is 16.1 Å². The van der Waals surface area contributed by atoms with Gasteiger partial charge in [-0.15, -0.1) is 0 Å². The van der Waals surface area contributed by atoms with E-state index in [1.165, 1.54) is 0 Å². The number of hydrogen-bond acceptors (Lipinski definition) is 8. The minimum atomic E-state index is -0.189. The first-order chi connectivity index (χ1) is 16.0. The lowest BCUT2D eigenvalue weighted by Crippen LogP contribution is -2.07. The van der Waals surface area contributed by atoms with Crippen LogP contribution in [0.15, 0.2) is 41.4 Å². The lowest BCUT2D eigenvalue weighted by molar-refractivity contribution is -0.143. The van der Waals surface area contributed by atoms with E-state index < -0.39 is 0 Å². The summed E-state index contributed by atoms with van der Waals surface area (Å²) in [5.74, 6) is 0.867. The molecular formula is C23H24ClN5O4. The third kappa shape index (κ3) is 5.14. The maximum atomic E-state index is 11.6. The molecule has 33 heavy (non-hydrogen) atoms. The SMILES string of the molecule is CCOC(=O)CCCn1ccc2c(-c3noc(-c4cnc(OC(C)C)c(Cl)c4)n3)cncc21. The molecule has 0 amide bonds. The summed E-state index contributed by atoms with van der Waals surface area (Å²) >= 11 is 6.29. The number of esters is 1. The number of fused-ring (bicyclic) bond motifs is 1. The van der Waals surface area contributed by atoms with E-state index >= 15 is 0 Å². The van der Waals surface area contributed by atoms with Crippen molar-refractivity contribution in [2.45, 2.75) is 46.3 Å². The van der Waals surface area contributed by atoms with Gasteiger partial charge in [-0.2, -0.15) is 4.98 Å². The zero-order chi connectivity index (χ0) is 23.4. The molecule has 0 aliphatic rings. The van der Waals surface area contributed by atoms with Gasteiger partial charge in [0, 0.05) is 36.9 Å². The van der Waals surface area contributed by atoms with Crippen LogP contribution in [-0.4, -0.2) is 43.4 Å². The Morgan fingerprint density at radius 1 is 1.27 bits per heavy atom. The largest absolute Gasteiger partial charge is 0.474 e. The van der Waals surface area contributed by atoms with E-state index in [1.807, 2.05) is 30.7 Å². The Bertz CT molecular complexity index is 1270. The zero-order valence-corrected chi connectivity index (χ0v) is 19.4. The predicted octanol–water partition coefficient (Wildman–Crippen LogP) is 4.93. The summed E-state index contributed by atoms with van der Waals surface area (Å²) in [6, 6.07) is 3.66. The minimum Gasteiger partial charge on any atom is -0.474 e. The van der Waals surface area contributed by atoms with E-state index in [2.05, 4.69) is 20.1 Å². The molecule has 9 nitrogen and oxygen atoms in total. The predicted molar refractivity (Wildman–Crippen MR) is 123 cm³/mol. The van der Waals surface area contributed by atoms with Crippen LogP contribution in [0.3, 0.4) is 0 Å². The molecule has 0 spiro atoms. The molecule has 4 aromatic rings. The number of hydrogen-bond donors (Lipinski definition) is 0. The maximum Gasteiger partial charge on any atom is 0.305 e. The summed E-state index contributed by atoms with van der Waals surface area (Å²) in [6.45, 7) is 6.66. The van der Waals surface area contributed by atoms with E-state index in [0.717, 1.165) is 16.5 Å². The molecule has 0 aliphatic carbocycles. The van der Waals surface area contributed by atoms with Crippen molar-refractivity contribution in [3.8, 4) is 28.7 Å². The molecule has 0 radical (unpaired) electrons. The first-order valence-electron chi connectivity index (χ1n) is 10.7. The molecule has 0 aliphatic heterocycles. The van der Waals surface area contributed by atoms with Crippen molar-refractivity contribution in [3.05, 3.63) is 41.9 Å². The molecule has 0 saturated carbocycles. The van der Waals surface area contributed by atoms with Crippen LogP contribution < -0.4 is 4.74 Å². The Balaban J connectivity index is 1.55. The Hall–Kier alpha value is -3.46. The molecule has 0 aromatic carbocycles. The highest BCUT2D eigenvalue weighted by molar-refractivity contribution is 6.32. The van der Waals surface area contributed by atoms with Crippen molar-refractivity contribution < 1.29 is 18.8 Å². The molecule has 0 atom stereocenters. The average Bonchev–Trinajstić information content (AvgIpc) is 3.43. The number of nitrogens with zero attached hydrogens (tertiary/aromatic N) is 5. The molecule has 0 saturated heterocycles. The third-order valence-electron chi connectivity index (χ3n) is 4.85. The second-order valence-corrected chi connectivity index (χ2v) is 8.05. The van der Waals surface area contributed by atoms with Crippen molar-refractivity contribution in [2.24, 2.45) is 0 Å². The first kappa shape index (κ1) is 22.7. The number of carbonyl (C=O) groups excluding carboxylic acids is 1. The van der Waals surface area contributed by atoms with Gasteiger partial charge in [-0.25, -0.2) is 4.98 Å². The van der Waals surface area contributed by atoms with Crippen molar-refractivity contribution in [1.82, 2.24) is 24.7 Å².